The number of hydrogen-bond donors (Lipinski definition) is 0. The molecule has 0 aromatic heterocycles. The van der Waals surface area contributed by atoms with Crippen LogP contribution in [0.3, 0.4) is 0 Å². The summed E-state index contributed by atoms with van der Waals surface area (Å²) in [5, 5.41) is 0. The average molecular weight is 236 g/mol. The molecule has 0 aliphatic rings. The third-order valence-electron chi connectivity index (χ3n) is 2.37. The quantitative estimate of drug-likeness (QED) is 0.728. The molecule has 17 heavy (non-hydrogen) atoms. The first-order valence-electron chi connectivity index (χ1n) is 4.82. The number of carbonyl (C=O) groups is 1. The largest absolute Gasteiger partial charge is 0.298 e. The average Bonchev–Trinajstić information content (AvgIpc) is 2.29. The molecule has 2 aromatic rings. The van der Waals surface area contributed by atoms with Gasteiger partial charge in [0.25, 0.3) is 0 Å². The number of benzene rings is 2. The van der Waals surface area contributed by atoms with Gasteiger partial charge in [-0.1, -0.05) is 6.07 Å². The molecular weight excluding hydrogens is 229 g/mol. The summed E-state index contributed by atoms with van der Waals surface area (Å²) in [5.74, 6) is -2.33. The molecule has 2 rings (SSSR count). The van der Waals surface area contributed by atoms with E-state index in [1.165, 1.54) is 12.1 Å². The van der Waals surface area contributed by atoms with Gasteiger partial charge in [-0.3, -0.25) is 4.79 Å². The van der Waals surface area contributed by atoms with Gasteiger partial charge in [0.1, 0.15) is 17.5 Å². The van der Waals surface area contributed by atoms with Crippen molar-refractivity contribution in [1.82, 2.24) is 0 Å². The van der Waals surface area contributed by atoms with Crippen molar-refractivity contribution < 1.29 is 18.0 Å². The van der Waals surface area contributed by atoms with E-state index in [1.807, 2.05) is 0 Å². The number of rotatable bonds is 2. The molecule has 2 aromatic carbocycles. The van der Waals surface area contributed by atoms with Crippen molar-refractivity contribution in [3.63, 3.8) is 0 Å². The van der Waals surface area contributed by atoms with Crippen LogP contribution in [0.15, 0.2) is 36.4 Å². The Morgan fingerprint density at radius 2 is 1.59 bits per heavy atom. The van der Waals surface area contributed by atoms with Crippen LogP contribution in [0.25, 0.3) is 11.1 Å². The Bertz CT molecular complexity index is 559. The first-order valence-corrected chi connectivity index (χ1v) is 4.82. The fourth-order valence-electron chi connectivity index (χ4n) is 1.60. The first-order chi connectivity index (χ1) is 8.13. The van der Waals surface area contributed by atoms with Crippen LogP contribution in [0.4, 0.5) is 13.2 Å². The van der Waals surface area contributed by atoms with Crippen molar-refractivity contribution >= 4 is 6.29 Å². The van der Waals surface area contributed by atoms with Gasteiger partial charge in [-0.2, -0.15) is 0 Å². The maximum atomic E-state index is 13.5. The van der Waals surface area contributed by atoms with Crippen molar-refractivity contribution in [2.24, 2.45) is 0 Å². The number of halogens is 3. The Balaban J connectivity index is 2.75. The first kappa shape index (κ1) is 11.4. The predicted molar refractivity (Wildman–Crippen MR) is 57.1 cm³/mol. The van der Waals surface area contributed by atoms with E-state index < -0.39 is 23.0 Å². The van der Waals surface area contributed by atoms with Crippen molar-refractivity contribution in [2.45, 2.75) is 0 Å². The molecule has 0 spiro atoms. The van der Waals surface area contributed by atoms with Gasteiger partial charge < -0.3 is 0 Å². The van der Waals surface area contributed by atoms with Crippen LogP contribution >= 0.6 is 0 Å². The summed E-state index contributed by atoms with van der Waals surface area (Å²) in [6.07, 6.45) is 0.431. The van der Waals surface area contributed by atoms with E-state index in [-0.39, 0.29) is 11.1 Å². The summed E-state index contributed by atoms with van der Waals surface area (Å²) in [5.41, 5.74) is -0.444. The fourth-order valence-corrected chi connectivity index (χ4v) is 1.60. The summed E-state index contributed by atoms with van der Waals surface area (Å²) >= 11 is 0. The highest BCUT2D eigenvalue weighted by molar-refractivity contribution is 5.87. The third-order valence-corrected chi connectivity index (χ3v) is 2.37. The molecule has 0 amide bonds. The molecule has 0 heterocycles. The zero-order valence-electron chi connectivity index (χ0n) is 8.58. The molecule has 0 bridgehead atoms. The lowest BCUT2D eigenvalue weighted by Crippen LogP contribution is -1.95. The smallest absolute Gasteiger partial charge is 0.150 e. The lowest BCUT2D eigenvalue weighted by molar-refractivity contribution is 0.112. The van der Waals surface area contributed by atoms with E-state index in [0.717, 1.165) is 24.3 Å². The zero-order chi connectivity index (χ0) is 12.4. The van der Waals surface area contributed by atoms with Crippen LogP contribution in [0.1, 0.15) is 10.4 Å². The normalized spacial score (nSPS) is 10.3. The van der Waals surface area contributed by atoms with Crippen molar-refractivity contribution in [3.8, 4) is 11.1 Å². The molecule has 1 nitrogen and oxygen atoms in total. The maximum Gasteiger partial charge on any atom is 0.150 e. The Hall–Kier alpha value is -2.10. The minimum absolute atomic E-state index is 0.0374. The van der Waals surface area contributed by atoms with Gasteiger partial charge in [-0.05, 0) is 30.3 Å². The monoisotopic (exact) mass is 236 g/mol. The van der Waals surface area contributed by atoms with Crippen molar-refractivity contribution in [1.29, 1.82) is 0 Å². The molecule has 0 aliphatic heterocycles. The van der Waals surface area contributed by atoms with Crippen LogP contribution in [-0.2, 0) is 0 Å². The number of hydrogen-bond acceptors (Lipinski definition) is 1. The summed E-state index contributed by atoms with van der Waals surface area (Å²) in [6, 6.07) is 6.49. The lowest BCUT2D eigenvalue weighted by atomic mass is 9.99. The third kappa shape index (κ3) is 2.06. The molecule has 0 saturated heterocycles. The van der Waals surface area contributed by atoms with E-state index in [2.05, 4.69) is 0 Å². The SMILES string of the molecule is O=Cc1ccc(F)cc1-c1c(F)cccc1F. The fraction of sp³-hybridized carbons (Fsp3) is 0. The second kappa shape index (κ2) is 4.41. The van der Waals surface area contributed by atoms with E-state index in [9.17, 15) is 18.0 Å². The molecule has 0 N–H and O–H groups in total. The standard InChI is InChI=1S/C13H7F3O/c14-9-5-4-8(7-17)10(6-9)13-11(15)2-1-3-12(13)16/h1-7H. The molecule has 0 radical (unpaired) electrons. The van der Waals surface area contributed by atoms with E-state index in [1.54, 1.807) is 0 Å². The van der Waals surface area contributed by atoms with E-state index >= 15 is 0 Å². The molecule has 4 heteroatoms. The molecule has 0 saturated carbocycles. The van der Waals surface area contributed by atoms with Crippen molar-refractivity contribution in [3.05, 3.63) is 59.4 Å². The second-order valence-corrected chi connectivity index (χ2v) is 3.45. The maximum absolute atomic E-state index is 13.5. The number of carbonyl (C=O) groups excluding carboxylic acids is 1. The summed E-state index contributed by atoms with van der Waals surface area (Å²) in [6.45, 7) is 0. The molecule has 0 aliphatic carbocycles. The number of aldehydes is 1. The lowest BCUT2D eigenvalue weighted by Gasteiger charge is -2.07. The van der Waals surface area contributed by atoms with Gasteiger partial charge in [0.2, 0.25) is 0 Å². The van der Waals surface area contributed by atoms with Crippen LogP contribution < -0.4 is 0 Å². The summed E-state index contributed by atoms with van der Waals surface area (Å²) < 4.78 is 40.1. The zero-order valence-corrected chi connectivity index (χ0v) is 8.58. The molecule has 0 unspecified atom stereocenters. The molecular formula is C13H7F3O. The Labute approximate surface area is 95.5 Å². The molecule has 0 atom stereocenters. The van der Waals surface area contributed by atoms with Crippen LogP contribution in [-0.4, -0.2) is 6.29 Å². The van der Waals surface area contributed by atoms with Crippen LogP contribution in [0, 0.1) is 17.5 Å². The highest BCUT2D eigenvalue weighted by atomic mass is 19.1. The molecule has 86 valence electrons. The summed E-state index contributed by atoms with van der Waals surface area (Å²) in [4.78, 5) is 10.8. The Kier molecular flexibility index (Phi) is 2.95. The Morgan fingerprint density at radius 1 is 0.941 bits per heavy atom. The highest BCUT2D eigenvalue weighted by Crippen LogP contribution is 2.28. The van der Waals surface area contributed by atoms with Gasteiger partial charge >= 0.3 is 0 Å². The second-order valence-electron chi connectivity index (χ2n) is 3.45. The predicted octanol–water partition coefficient (Wildman–Crippen LogP) is 3.58. The highest BCUT2D eigenvalue weighted by Gasteiger charge is 2.15. The minimum Gasteiger partial charge on any atom is -0.298 e. The van der Waals surface area contributed by atoms with E-state index in [4.69, 9.17) is 0 Å². The van der Waals surface area contributed by atoms with Crippen molar-refractivity contribution in [2.75, 3.05) is 0 Å². The summed E-state index contributed by atoms with van der Waals surface area (Å²) in [7, 11) is 0. The van der Waals surface area contributed by atoms with Gasteiger partial charge in [-0.25, -0.2) is 13.2 Å². The van der Waals surface area contributed by atoms with Crippen LogP contribution in [0.2, 0.25) is 0 Å². The van der Waals surface area contributed by atoms with Crippen LogP contribution in [0.5, 0.6) is 0 Å². The minimum atomic E-state index is -0.835. The van der Waals surface area contributed by atoms with Gasteiger partial charge in [0.05, 0.1) is 5.56 Å². The van der Waals surface area contributed by atoms with Gasteiger partial charge in [0, 0.05) is 11.1 Å². The molecule has 0 fully saturated rings. The van der Waals surface area contributed by atoms with Gasteiger partial charge in [0.15, 0.2) is 6.29 Å². The van der Waals surface area contributed by atoms with E-state index in [0.29, 0.717) is 6.29 Å². The Morgan fingerprint density at radius 3 is 2.18 bits per heavy atom. The topological polar surface area (TPSA) is 17.1 Å². The van der Waals surface area contributed by atoms with Gasteiger partial charge in [-0.15, -0.1) is 0 Å².